The molecule has 0 radical (unpaired) electrons. The summed E-state index contributed by atoms with van der Waals surface area (Å²) in [5.74, 6) is -0.581. The van der Waals surface area contributed by atoms with Crippen LogP contribution >= 0.6 is 0 Å². The summed E-state index contributed by atoms with van der Waals surface area (Å²) < 4.78 is 4.73. The molecule has 0 saturated heterocycles. The van der Waals surface area contributed by atoms with Gasteiger partial charge in [0.25, 0.3) is 0 Å². The van der Waals surface area contributed by atoms with Crippen LogP contribution in [0.25, 0.3) is 0 Å². The van der Waals surface area contributed by atoms with Crippen molar-refractivity contribution in [1.29, 1.82) is 0 Å². The predicted octanol–water partition coefficient (Wildman–Crippen LogP) is 0.750. The Bertz CT molecular complexity index is 236. The second kappa shape index (κ2) is 6.88. The Morgan fingerprint density at radius 1 is 1.36 bits per heavy atom. The van der Waals surface area contributed by atoms with E-state index in [2.05, 4.69) is 13.2 Å². The molecule has 4 heteroatoms. The van der Waals surface area contributed by atoms with Crippen molar-refractivity contribution in [3.8, 4) is 0 Å². The van der Waals surface area contributed by atoms with Gasteiger partial charge in [-0.15, -0.1) is 0 Å². The molecule has 0 aromatic heterocycles. The Hall–Kier alpha value is -1.58. The topological polar surface area (TPSA) is 46.6 Å². The average Bonchev–Trinajstić information content (AvgIpc) is 2.22. The number of nitrogens with zero attached hydrogens (tertiary/aromatic N) is 1. The van der Waals surface area contributed by atoms with Crippen LogP contribution in [-0.2, 0) is 14.3 Å². The van der Waals surface area contributed by atoms with Gasteiger partial charge in [0.15, 0.2) is 0 Å². The fourth-order valence-corrected chi connectivity index (χ4v) is 0.799. The highest BCUT2D eigenvalue weighted by atomic mass is 16.5. The van der Waals surface area contributed by atoms with Crippen molar-refractivity contribution in [2.75, 3.05) is 20.2 Å². The highest BCUT2D eigenvalue weighted by Gasteiger charge is 2.03. The van der Waals surface area contributed by atoms with E-state index >= 15 is 0 Å². The van der Waals surface area contributed by atoms with E-state index in [9.17, 15) is 9.59 Å². The maximum Gasteiger partial charge on any atom is 0.330 e. The van der Waals surface area contributed by atoms with Crippen LogP contribution in [0.2, 0.25) is 0 Å². The first-order valence-corrected chi connectivity index (χ1v) is 4.28. The van der Waals surface area contributed by atoms with Gasteiger partial charge in [-0.3, -0.25) is 4.79 Å². The molecule has 0 aliphatic rings. The Labute approximate surface area is 83.8 Å². The van der Waals surface area contributed by atoms with Crippen LogP contribution in [0.5, 0.6) is 0 Å². The molecule has 0 spiro atoms. The molecule has 0 aromatic rings. The van der Waals surface area contributed by atoms with Gasteiger partial charge < -0.3 is 9.64 Å². The Morgan fingerprint density at radius 3 is 2.50 bits per heavy atom. The number of likely N-dealkylation sites (N-methyl/N-ethyl adjacent to an activating group) is 1. The molecule has 0 rings (SSSR count). The highest BCUT2D eigenvalue weighted by Crippen LogP contribution is 1.91. The molecule has 1 amide bonds. The summed E-state index contributed by atoms with van der Waals surface area (Å²) in [6.45, 7) is 7.45. The van der Waals surface area contributed by atoms with Crippen molar-refractivity contribution >= 4 is 11.9 Å². The van der Waals surface area contributed by atoms with Crippen molar-refractivity contribution in [2.45, 2.75) is 6.42 Å². The molecule has 0 heterocycles. The Morgan fingerprint density at radius 2 is 2.00 bits per heavy atom. The molecular weight excluding hydrogens is 182 g/mol. The monoisotopic (exact) mass is 197 g/mol. The summed E-state index contributed by atoms with van der Waals surface area (Å²) in [5, 5.41) is 0. The SMILES string of the molecule is C=CC(=O)OCCCN(C)C(=O)C=C. The first kappa shape index (κ1) is 12.4. The van der Waals surface area contributed by atoms with Crippen molar-refractivity contribution < 1.29 is 14.3 Å². The molecule has 0 saturated carbocycles. The molecular formula is C10H15NO3. The van der Waals surface area contributed by atoms with Gasteiger partial charge in [0.1, 0.15) is 0 Å². The number of hydrogen-bond acceptors (Lipinski definition) is 3. The van der Waals surface area contributed by atoms with Crippen molar-refractivity contribution in [3.05, 3.63) is 25.3 Å². The summed E-state index contributed by atoms with van der Waals surface area (Å²) in [7, 11) is 1.67. The molecule has 14 heavy (non-hydrogen) atoms. The summed E-state index contributed by atoms with van der Waals surface area (Å²) in [6, 6.07) is 0. The van der Waals surface area contributed by atoms with Gasteiger partial charge in [-0.2, -0.15) is 0 Å². The van der Waals surface area contributed by atoms with Gasteiger partial charge in [0.2, 0.25) is 5.91 Å². The normalized spacial score (nSPS) is 8.93. The zero-order valence-corrected chi connectivity index (χ0v) is 8.36. The van der Waals surface area contributed by atoms with Gasteiger partial charge in [0, 0.05) is 19.7 Å². The van der Waals surface area contributed by atoms with Gasteiger partial charge in [0.05, 0.1) is 6.61 Å². The lowest BCUT2D eigenvalue weighted by atomic mass is 10.4. The Kier molecular flexibility index (Phi) is 6.11. The van der Waals surface area contributed by atoms with Crippen LogP contribution in [-0.4, -0.2) is 37.0 Å². The van der Waals surface area contributed by atoms with E-state index in [0.717, 1.165) is 6.08 Å². The fraction of sp³-hybridized carbons (Fsp3) is 0.400. The molecule has 0 aliphatic heterocycles. The minimum atomic E-state index is -0.442. The van der Waals surface area contributed by atoms with Crippen molar-refractivity contribution in [3.63, 3.8) is 0 Å². The van der Waals surface area contributed by atoms with E-state index in [4.69, 9.17) is 4.74 Å². The third-order valence-electron chi connectivity index (χ3n) is 1.60. The molecule has 0 fully saturated rings. The van der Waals surface area contributed by atoms with E-state index in [1.807, 2.05) is 0 Å². The maximum absolute atomic E-state index is 11.0. The third-order valence-corrected chi connectivity index (χ3v) is 1.60. The van der Waals surface area contributed by atoms with E-state index in [-0.39, 0.29) is 5.91 Å². The third kappa shape index (κ3) is 5.13. The molecule has 0 aliphatic carbocycles. The van der Waals surface area contributed by atoms with Gasteiger partial charge in [-0.05, 0) is 12.5 Å². The van der Waals surface area contributed by atoms with E-state index in [1.54, 1.807) is 7.05 Å². The van der Waals surface area contributed by atoms with Gasteiger partial charge in [-0.25, -0.2) is 4.79 Å². The van der Waals surface area contributed by atoms with Crippen LogP contribution in [0.15, 0.2) is 25.3 Å². The minimum Gasteiger partial charge on any atom is -0.462 e. The smallest absolute Gasteiger partial charge is 0.330 e. The molecule has 0 N–H and O–H groups in total. The van der Waals surface area contributed by atoms with Gasteiger partial charge in [-0.1, -0.05) is 13.2 Å². The van der Waals surface area contributed by atoms with Crippen molar-refractivity contribution in [2.24, 2.45) is 0 Å². The first-order valence-electron chi connectivity index (χ1n) is 4.28. The lowest BCUT2D eigenvalue weighted by molar-refractivity contribution is -0.137. The number of amides is 1. The quantitative estimate of drug-likeness (QED) is 0.358. The molecule has 0 unspecified atom stereocenters. The zero-order valence-electron chi connectivity index (χ0n) is 8.36. The second-order valence-corrected chi connectivity index (χ2v) is 2.69. The standard InChI is InChI=1S/C10H15NO3/c1-4-9(12)11(3)7-6-8-14-10(13)5-2/h4-5H,1-2,6-8H2,3H3. The summed E-state index contributed by atoms with van der Waals surface area (Å²) in [4.78, 5) is 23.1. The Balaban J connectivity index is 3.54. The second-order valence-electron chi connectivity index (χ2n) is 2.69. The largest absolute Gasteiger partial charge is 0.462 e. The number of carbonyl (C=O) groups is 2. The lowest BCUT2D eigenvalue weighted by Gasteiger charge is -2.14. The van der Waals surface area contributed by atoms with Gasteiger partial charge >= 0.3 is 5.97 Å². The van der Waals surface area contributed by atoms with E-state index in [1.165, 1.54) is 11.0 Å². The van der Waals surface area contributed by atoms with Crippen LogP contribution in [0.3, 0.4) is 0 Å². The first-order chi connectivity index (χ1) is 6.61. The number of ether oxygens (including phenoxy) is 1. The number of rotatable bonds is 6. The zero-order chi connectivity index (χ0) is 11.0. The van der Waals surface area contributed by atoms with Crippen LogP contribution < -0.4 is 0 Å². The molecule has 4 nitrogen and oxygen atoms in total. The number of carbonyl (C=O) groups excluding carboxylic acids is 2. The molecule has 78 valence electrons. The highest BCUT2D eigenvalue weighted by molar-refractivity contribution is 5.86. The minimum absolute atomic E-state index is 0.139. The summed E-state index contributed by atoms with van der Waals surface area (Å²) >= 11 is 0. The average molecular weight is 197 g/mol. The summed E-state index contributed by atoms with van der Waals surface area (Å²) in [5.41, 5.74) is 0. The van der Waals surface area contributed by atoms with E-state index in [0.29, 0.717) is 19.6 Å². The van der Waals surface area contributed by atoms with Crippen LogP contribution in [0.1, 0.15) is 6.42 Å². The number of esters is 1. The summed E-state index contributed by atoms with van der Waals surface area (Å²) in [6.07, 6.45) is 2.96. The lowest BCUT2D eigenvalue weighted by Crippen LogP contribution is -2.26. The molecule has 0 atom stereocenters. The number of hydrogen-bond donors (Lipinski definition) is 0. The van der Waals surface area contributed by atoms with E-state index < -0.39 is 5.97 Å². The molecule has 0 bridgehead atoms. The van der Waals surface area contributed by atoms with Crippen molar-refractivity contribution in [1.82, 2.24) is 4.90 Å². The fourth-order valence-electron chi connectivity index (χ4n) is 0.799. The maximum atomic E-state index is 11.0. The van der Waals surface area contributed by atoms with Crippen LogP contribution in [0, 0.1) is 0 Å². The molecule has 0 aromatic carbocycles. The van der Waals surface area contributed by atoms with Crippen LogP contribution in [0.4, 0.5) is 0 Å². The predicted molar refractivity (Wildman–Crippen MR) is 53.6 cm³/mol.